The highest BCUT2D eigenvalue weighted by atomic mass is 16.4. The van der Waals surface area contributed by atoms with Gasteiger partial charge in [-0.05, 0) is 50.5 Å². The Labute approximate surface area is 107 Å². The fraction of sp³-hybridized carbons (Fsp3) is 0.429. The third kappa shape index (κ3) is 2.88. The molecule has 0 aliphatic rings. The van der Waals surface area contributed by atoms with Crippen molar-refractivity contribution in [3.63, 3.8) is 0 Å². The van der Waals surface area contributed by atoms with Crippen LogP contribution in [0.15, 0.2) is 18.2 Å². The number of hydrogen-bond donors (Lipinski definition) is 2. The van der Waals surface area contributed by atoms with Crippen molar-refractivity contribution < 1.29 is 14.7 Å². The molecule has 0 spiro atoms. The van der Waals surface area contributed by atoms with Gasteiger partial charge in [-0.25, -0.2) is 0 Å². The molecule has 0 heterocycles. The number of nitrogens with one attached hydrogen (secondary N) is 1. The lowest BCUT2D eigenvalue weighted by molar-refractivity contribution is -0.151. The zero-order chi connectivity index (χ0) is 13.9. The minimum Gasteiger partial charge on any atom is -0.480 e. The van der Waals surface area contributed by atoms with Crippen molar-refractivity contribution >= 4 is 17.6 Å². The van der Waals surface area contributed by atoms with E-state index in [-0.39, 0.29) is 0 Å². The van der Waals surface area contributed by atoms with Gasteiger partial charge in [0.25, 0.3) is 0 Å². The number of rotatable bonds is 4. The van der Waals surface area contributed by atoms with Crippen LogP contribution in [0.2, 0.25) is 0 Å². The van der Waals surface area contributed by atoms with E-state index in [2.05, 4.69) is 12.2 Å². The maximum atomic E-state index is 11.8. The predicted octanol–water partition coefficient (Wildman–Crippen LogP) is 2.61. The van der Waals surface area contributed by atoms with Crippen molar-refractivity contribution in [2.45, 2.75) is 34.1 Å². The molecular formula is C14H19NO3. The summed E-state index contributed by atoms with van der Waals surface area (Å²) in [5, 5.41) is 11.6. The molecule has 0 aliphatic heterocycles. The largest absolute Gasteiger partial charge is 0.480 e. The zero-order valence-electron chi connectivity index (χ0n) is 11.2. The van der Waals surface area contributed by atoms with E-state index in [0.717, 1.165) is 12.0 Å². The summed E-state index contributed by atoms with van der Waals surface area (Å²) >= 11 is 0. The standard InChI is InChI=1S/C14H19NO3/c1-5-10-6-7-11(8-9(10)2)15-12(16)14(3,4)13(17)18/h6-8H,5H2,1-4H3,(H,15,16)(H,17,18). The van der Waals surface area contributed by atoms with Gasteiger partial charge in [0, 0.05) is 5.69 Å². The van der Waals surface area contributed by atoms with Crippen LogP contribution in [-0.2, 0) is 16.0 Å². The van der Waals surface area contributed by atoms with Gasteiger partial charge >= 0.3 is 5.97 Å². The molecule has 0 saturated heterocycles. The summed E-state index contributed by atoms with van der Waals surface area (Å²) in [5.41, 5.74) is 1.50. The van der Waals surface area contributed by atoms with Gasteiger partial charge in [-0.2, -0.15) is 0 Å². The molecule has 4 nitrogen and oxygen atoms in total. The summed E-state index contributed by atoms with van der Waals surface area (Å²) in [5.74, 6) is -1.65. The summed E-state index contributed by atoms with van der Waals surface area (Å²) in [7, 11) is 0. The van der Waals surface area contributed by atoms with E-state index in [4.69, 9.17) is 5.11 Å². The Morgan fingerprint density at radius 1 is 1.33 bits per heavy atom. The molecule has 98 valence electrons. The Bertz CT molecular complexity index is 478. The van der Waals surface area contributed by atoms with E-state index in [9.17, 15) is 9.59 Å². The van der Waals surface area contributed by atoms with Gasteiger partial charge in [-0.3, -0.25) is 9.59 Å². The van der Waals surface area contributed by atoms with Crippen molar-refractivity contribution in [2.75, 3.05) is 5.32 Å². The first-order chi connectivity index (χ1) is 8.28. The molecule has 1 aromatic carbocycles. The molecule has 18 heavy (non-hydrogen) atoms. The van der Waals surface area contributed by atoms with Crippen LogP contribution in [-0.4, -0.2) is 17.0 Å². The van der Waals surface area contributed by atoms with Crippen molar-refractivity contribution in [3.05, 3.63) is 29.3 Å². The highest BCUT2D eigenvalue weighted by Crippen LogP contribution is 2.21. The molecule has 0 aromatic heterocycles. The van der Waals surface area contributed by atoms with Crippen LogP contribution < -0.4 is 5.32 Å². The van der Waals surface area contributed by atoms with Crippen molar-refractivity contribution in [1.82, 2.24) is 0 Å². The number of carboxylic acids is 1. The molecule has 0 unspecified atom stereocenters. The third-order valence-corrected chi connectivity index (χ3v) is 3.08. The minimum atomic E-state index is -1.43. The number of aryl methyl sites for hydroxylation is 2. The number of benzene rings is 1. The van der Waals surface area contributed by atoms with Crippen molar-refractivity contribution in [1.29, 1.82) is 0 Å². The highest BCUT2D eigenvalue weighted by Gasteiger charge is 2.35. The van der Waals surface area contributed by atoms with E-state index in [1.165, 1.54) is 19.4 Å². The lowest BCUT2D eigenvalue weighted by Crippen LogP contribution is -2.37. The van der Waals surface area contributed by atoms with Crippen LogP contribution in [0.1, 0.15) is 31.9 Å². The van der Waals surface area contributed by atoms with Crippen LogP contribution >= 0.6 is 0 Å². The number of carboxylic acid groups (broad SMARTS) is 1. The Hall–Kier alpha value is -1.84. The topological polar surface area (TPSA) is 66.4 Å². The second-order valence-electron chi connectivity index (χ2n) is 4.88. The summed E-state index contributed by atoms with van der Waals surface area (Å²) in [6.45, 7) is 6.81. The molecule has 0 radical (unpaired) electrons. The maximum Gasteiger partial charge on any atom is 0.318 e. The first kappa shape index (κ1) is 14.2. The zero-order valence-corrected chi connectivity index (χ0v) is 11.2. The fourth-order valence-corrected chi connectivity index (χ4v) is 1.55. The summed E-state index contributed by atoms with van der Waals surface area (Å²) in [4.78, 5) is 22.8. The predicted molar refractivity (Wildman–Crippen MR) is 70.6 cm³/mol. The van der Waals surface area contributed by atoms with Crippen LogP contribution in [0.3, 0.4) is 0 Å². The van der Waals surface area contributed by atoms with Crippen LogP contribution in [0, 0.1) is 12.3 Å². The van der Waals surface area contributed by atoms with Gasteiger partial charge < -0.3 is 10.4 Å². The molecular weight excluding hydrogens is 230 g/mol. The second kappa shape index (κ2) is 5.21. The highest BCUT2D eigenvalue weighted by molar-refractivity contribution is 6.07. The quantitative estimate of drug-likeness (QED) is 0.806. The van der Waals surface area contributed by atoms with E-state index in [1.807, 2.05) is 19.1 Å². The van der Waals surface area contributed by atoms with E-state index in [1.54, 1.807) is 6.07 Å². The van der Waals surface area contributed by atoms with Crippen LogP contribution in [0.25, 0.3) is 0 Å². The number of aliphatic carboxylic acids is 1. The van der Waals surface area contributed by atoms with E-state index in [0.29, 0.717) is 5.69 Å². The van der Waals surface area contributed by atoms with Gasteiger partial charge in [0.1, 0.15) is 5.41 Å². The van der Waals surface area contributed by atoms with E-state index < -0.39 is 17.3 Å². The summed E-state index contributed by atoms with van der Waals surface area (Å²) < 4.78 is 0. The van der Waals surface area contributed by atoms with E-state index >= 15 is 0 Å². The molecule has 0 bridgehead atoms. The number of amides is 1. The number of hydrogen-bond acceptors (Lipinski definition) is 2. The lowest BCUT2D eigenvalue weighted by atomic mass is 9.92. The number of carbonyl (C=O) groups excluding carboxylic acids is 1. The lowest BCUT2D eigenvalue weighted by Gasteiger charge is -2.18. The average molecular weight is 249 g/mol. The van der Waals surface area contributed by atoms with Crippen LogP contribution in [0.5, 0.6) is 0 Å². The van der Waals surface area contributed by atoms with Crippen molar-refractivity contribution in [3.8, 4) is 0 Å². The summed E-state index contributed by atoms with van der Waals surface area (Å²) in [6.07, 6.45) is 0.931. The van der Waals surface area contributed by atoms with Gasteiger partial charge in [-0.1, -0.05) is 13.0 Å². The number of anilines is 1. The second-order valence-corrected chi connectivity index (χ2v) is 4.88. The molecule has 2 N–H and O–H groups in total. The van der Waals surface area contributed by atoms with Crippen LogP contribution in [0.4, 0.5) is 5.69 Å². The molecule has 4 heteroatoms. The Balaban J connectivity index is 2.89. The molecule has 0 saturated carbocycles. The molecule has 1 amide bonds. The van der Waals surface area contributed by atoms with Crippen molar-refractivity contribution in [2.24, 2.45) is 5.41 Å². The molecule has 0 aliphatic carbocycles. The normalized spacial score (nSPS) is 11.1. The number of carbonyl (C=O) groups is 2. The minimum absolute atomic E-state index is 0.515. The monoisotopic (exact) mass is 249 g/mol. The van der Waals surface area contributed by atoms with Gasteiger partial charge in [-0.15, -0.1) is 0 Å². The first-order valence-electron chi connectivity index (χ1n) is 5.93. The maximum absolute atomic E-state index is 11.8. The summed E-state index contributed by atoms with van der Waals surface area (Å²) in [6, 6.07) is 5.59. The molecule has 1 aromatic rings. The molecule has 0 atom stereocenters. The Morgan fingerprint density at radius 3 is 2.39 bits per heavy atom. The fourth-order valence-electron chi connectivity index (χ4n) is 1.55. The third-order valence-electron chi connectivity index (χ3n) is 3.08. The smallest absolute Gasteiger partial charge is 0.318 e. The van der Waals surface area contributed by atoms with Gasteiger partial charge in [0.15, 0.2) is 0 Å². The SMILES string of the molecule is CCc1ccc(NC(=O)C(C)(C)C(=O)O)cc1C. The van der Waals surface area contributed by atoms with Gasteiger partial charge in [0.2, 0.25) is 5.91 Å². The Kier molecular flexibility index (Phi) is 4.11. The molecule has 1 rings (SSSR count). The first-order valence-corrected chi connectivity index (χ1v) is 5.93. The van der Waals surface area contributed by atoms with Gasteiger partial charge in [0.05, 0.1) is 0 Å². The Morgan fingerprint density at radius 2 is 1.94 bits per heavy atom. The average Bonchev–Trinajstić information content (AvgIpc) is 2.28. The molecule has 0 fully saturated rings.